The highest BCUT2D eigenvalue weighted by molar-refractivity contribution is 4.92. The van der Waals surface area contributed by atoms with Gasteiger partial charge in [-0.05, 0) is 35.2 Å². The first-order valence-electron chi connectivity index (χ1n) is 5.27. The van der Waals surface area contributed by atoms with Crippen molar-refractivity contribution in [2.75, 3.05) is 54.9 Å². The molecular weight excluding hydrogens is 176 g/mol. The van der Waals surface area contributed by atoms with E-state index in [1.807, 2.05) is 0 Å². The van der Waals surface area contributed by atoms with Gasteiger partial charge in [-0.3, -0.25) is 10.2 Å². The largest absolute Gasteiger partial charge is 0.308 e. The van der Waals surface area contributed by atoms with E-state index >= 15 is 0 Å². The molecule has 84 valence electrons. The third-order valence-electron chi connectivity index (χ3n) is 2.94. The maximum atomic E-state index is 3.47. The summed E-state index contributed by atoms with van der Waals surface area (Å²) in [4.78, 5) is 6.92. The van der Waals surface area contributed by atoms with Crippen LogP contribution in [0.3, 0.4) is 0 Å². The molecule has 0 spiro atoms. The lowest BCUT2D eigenvalue weighted by molar-refractivity contribution is 0.0351. The fraction of sp³-hybridized carbons (Fsp3) is 1.00. The van der Waals surface area contributed by atoms with E-state index in [0.717, 1.165) is 19.6 Å². The number of nitrogens with one attached hydrogen (secondary N) is 1. The molecule has 4 heteroatoms. The second-order valence-corrected chi connectivity index (χ2v) is 4.67. The molecule has 1 aliphatic heterocycles. The zero-order chi connectivity index (χ0) is 10.7. The minimum Gasteiger partial charge on any atom is -0.308 e. The van der Waals surface area contributed by atoms with Gasteiger partial charge in [0.15, 0.2) is 0 Å². The smallest absolute Gasteiger partial charge is 0.0768 e. The average Bonchev–Trinajstić information content (AvgIpc) is 1.97. The number of hydrogen-bond donors (Lipinski definition) is 1. The zero-order valence-electron chi connectivity index (χ0n) is 10.1. The van der Waals surface area contributed by atoms with Gasteiger partial charge in [0.2, 0.25) is 0 Å². The molecule has 1 heterocycles. The monoisotopic (exact) mass is 200 g/mol. The molecule has 0 aliphatic carbocycles. The maximum Gasteiger partial charge on any atom is 0.0768 e. The molecule has 4 nitrogen and oxygen atoms in total. The van der Waals surface area contributed by atoms with Crippen molar-refractivity contribution in [2.45, 2.75) is 12.2 Å². The lowest BCUT2D eigenvalue weighted by atomic mass is 10.1. The Morgan fingerprint density at radius 2 is 1.71 bits per heavy atom. The average molecular weight is 200 g/mol. The van der Waals surface area contributed by atoms with Crippen molar-refractivity contribution in [1.82, 2.24) is 20.0 Å². The van der Waals surface area contributed by atoms with Crippen molar-refractivity contribution in [1.29, 1.82) is 0 Å². The summed E-state index contributed by atoms with van der Waals surface area (Å²) in [7, 11) is 10.7. The molecule has 14 heavy (non-hydrogen) atoms. The quantitative estimate of drug-likeness (QED) is 0.636. The predicted octanol–water partition coefficient (Wildman–Crippen LogP) is -0.661. The molecule has 1 rings (SSSR count). The standard InChI is InChI=1S/C10H24N4/c1-12(2)6-7-14(5)10-9(8-11-10)13(3)4/h9-11H,6-8H2,1-5H3. The number of rotatable bonds is 5. The van der Waals surface area contributed by atoms with Gasteiger partial charge < -0.3 is 9.80 Å². The Hall–Kier alpha value is -0.160. The van der Waals surface area contributed by atoms with Crippen LogP contribution in [0, 0.1) is 0 Å². The summed E-state index contributed by atoms with van der Waals surface area (Å²) in [6, 6.07) is 0.669. The molecule has 0 amide bonds. The van der Waals surface area contributed by atoms with Crippen molar-refractivity contribution >= 4 is 0 Å². The van der Waals surface area contributed by atoms with Crippen LogP contribution in [0.1, 0.15) is 0 Å². The molecule has 1 fully saturated rings. The fourth-order valence-electron chi connectivity index (χ4n) is 1.74. The van der Waals surface area contributed by atoms with Crippen molar-refractivity contribution in [3.63, 3.8) is 0 Å². The van der Waals surface area contributed by atoms with E-state index in [-0.39, 0.29) is 0 Å². The number of hydrogen-bond acceptors (Lipinski definition) is 4. The lowest BCUT2D eigenvalue weighted by Gasteiger charge is -2.47. The Balaban J connectivity index is 2.27. The van der Waals surface area contributed by atoms with Gasteiger partial charge in [0.1, 0.15) is 0 Å². The van der Waals surface area contributed by atoms with Crippen LogP contribution in [0.5, 0.6) is 0 Å². The molecule has 1 aliphatic rings. The minimum atomic E-state index is 0.532. The second kappa shape index (κ2) is 5.07. The molecule has 2 atom stereocenters. The van der Waals surface area contributed by atoms with E-state index in [2.05, 4.69) is 55.3 Å². The highest BCUT2D eigenvalue weighted by atomic mass is 15.4. The summed E-state index contributed by atoms with van der Waals surface area (Å²) < 4.78 is 0. The fourth-order valence-corrected chi connectivity index (χ4v) is 1.74. The van der Waals surface area contributed by atoms with E-state index in [1.165, 1.54) is 0 Å². The van der Waals surface area contributed by atoms with Gasteiger partial charge in [-0.15, -0.1) is 0 Å². The normalized spacial score (nSPS) is 27.4. The Labute approximate surface area is 87.8 Å². The van der Waals surface area contributed by atoms with E-state index in [9.17, 15) is 0 Å². The maximum absolute atomic E-state index is 3.47. The SMILES string of the molecule is CN(C)CCN(C)C1NCC1N(C)C. The Kier molecular flexibility index (Phi) is 4.31. The van der Waals surface area contributed by atoms with E-state index in [1.54, 1.807) is 0 Å². The molecule has 2 unspecified atom stereocenters. The van der Waals surface area contributed by atoms with Crippen LogP contribution in [-0.2, 0) is 0 Å². The first-order chi connectivity index (χ1) is 6.52. The van der Waals surface area contributed by atoms with Crippen LogP contribution in [0.4, 0.5) is 0 Å². The molecule has 0 aromatic heterocycles. The van der Waals surface area contributed by atoms with Crippen LogP contribution >= 0.6 is 0 Å². The molecule has 1 N–H and O–H groups in total. The molecule has 0 aromatic rings. The van der Waals surface area contributed by atoms with E-state index < -0.39 is 0 Å². The van der Waals surface area contributed by atoms with Gasteiger partial charge in [-0.25, -0.2) is 0 Å². The topological polar surface area (TPSA) is 21.8 Å². The Bertz CT molecular complexity index is 170. The Morgan fingerprint density at radius 3 is 2.07 bits per heavy atom. The van der Waals surface area contributed by atoms with Gasteiger partial charge in [0.25, 0.3) is 0 Å². The van der Waals surface area contributed by atoms with Gasteiger partial charge in [-0.2, -0.15) is 0 Å². The molecule has 0 saturated carbocycles. The van der Waals surface area contributed by atoms with Gasteiger partial charge in [0, 0.05) is 19.6 Å². The summed E-state index contributed by atoms with van der Waals surface area (Å²) in [6.07, 6.45) is 0.532. The van der Waals surface area contributed by atoms with Crippen molar-refractivity contribution in [3.05, 3.63) is 0 Å². The van der Waals surface area contributed by atoms with Crippen LogP contribution in [-0.4, -0.2) is 81.8 Å². The summed E-state index contributed by atoms with van der Waals surface area (Å²) in [5.74, 6) is 0. The lowest BCUT2D eigenvalue weighted by Crippen LogP contribution is -2.69. The van der Waals surface area contributed by atoms with Crippen molar-refractivity contribution in [3.8, 4) is 0 Å². The molecule has 1 saturated heterocycles. The summed E-state index contributed by atoms with van der Waals surface area (Å²) >= 11 is 0. The number of nitrogens with zero attached hydrogens (tertiary/aromatic N) is 3. The van der Waals surface area contributed by atoms with Crippen LogP contribution in [0.25, 0.3) is 0 Å². The van der Waals surface area contributed by atoms with Crippen LogP contribution in [0.2, 0.25) is 0 Å². The second-order valence-electron chi connectivity index (χ2n) is 4.67. The van der Waals surface area contributed by atoms with Crippen LogP contribution < -0.4 is 5.32 Å². The van der Waals surface area contributed by atoms with Gasteiger partial charge in [0.05, 0.1) is 12.2 Å². The third-order valence-corrected chi connectivity index (χ3v) is 2.94. The number of likely N-dealkylation sites (N-methyl/N-ethyl adjacent to an activating group) is 3. The first-order valence-corrected chi connectivity index (χ1v) is 5.27. The molecule has 0 bridgehead atoms. The van der Waals surface area contributed by atoms with Gasteiger partial charge >= 0.3 is 0 Å². The first kappa shape index (κ1) is 11.9. The molecule has 0 radical (unpaired) electrons. The van der Waals surface area contributed by atoms with E-state index in [0.29, 0.717) is 12.2 Å². The zero-order valence-corrected chi connectivity index (χ0v) is 10.1. The predicted molar refractivity (Wildman–Crippen MR) is 60.4 cm³/mol. The minimum absolute atomic E-state index is 0.532. The van der Waals surface area contributed by atoms with Crippen molar-refractivity contribution < 1.29 is 0 Å². The summed E-state index contributed by atoms with van der Waals surface area (Å²) in [5.41, 5.74) is 0. The molecule has 0 aromatic carbocycles. The highest BCUT2D eigenvalue weighted by Gasteiger charge is 2.34. The summed E-state index contributed by atoms with van der Waals surface area (Å²) in [5, 5.41) is 3.47. The molecular formula is C10H24N4. The summed E-state index contributed by atoms with van der Waals surface area (Å²) in [6.45, 7) is 3.35. The Morgan fingerprint density at radius 1 is 1.07 bits per heavy atom. The third kappa shape index (κ3) is 2.92. The van der Waals surface area contributed by atoms with Crippen molar-refractivity contribution in [2.24, 2.45) is 0 Å². The van der Waals surface area contributed by atoms with E-state index in [4.69, 9.17) is 0 Å². The van der Waals surface area contributed by atoms with Crippen LogP contribution in [0.15, 0.2) is 0 Å². The highest BCUT2D eigenvalue weighted by Crippen LogP contribution is 2.12. The van der Waals surface area contributed by atoms with Gasteiger partial charge in [-0.1, -0.05) is 0 Å².